The van der Waals surface area contributed by atoms with Gasteiger partial charge in [-0.05, 0) is 49.6 Å². The third-order valence-corrected chi connectivity index (χ3v) is 5.21. The van der Waals surface area contributed by atoms with E-state index in [4.69, 9.17) is 11.6 Å². The normalized spacial score (nSPS) is 15.2. The number of benzene rings is 2. The van der Waals surface area contributed by atoms with Crippen LogP contribution in [0.1, 0.15) is 34.3 Å². The fourth-order valence-electron chi connectivity index (χ4n) is 3.41. The van der Waals surface area contributed by atoms with Crippen molar-refractivity contribution < 1.29 is 9.59 Å². The smallest absolute Gasteiger partial charge is 0.251 e. The molecule has 148 valence electrons. The largest absolute Gasteiger partial charge is 0.352 e. The van der Waals surface area contributed by atoms with Crippen molar-refractivity contribution in [3.8, 4) is 0 Å². The van der Waals surface area contributed by atoms with Gasteiger partial charge in [-0.2, -0.15) is 0 Å². The number of nitrogens with zero attached hydrogens (tertiary/aromatic N) is 1. The van der Waals surface area contributed by atoms with Crippen LogP contribution in [0.25, 0.3) is 0 Å². The minimum atomic E-state index is -0.225. The number of likely N-dealkylation sites (tertiary alicyclic amines) is 1. The van der Waals surface area contributed by atoms with Crippen LogP contribution in [0.15, 0.2) is 48.5 Å². The highest BCUT2D eigenvalue weighted by Gasteiger charge is 2.21. The molecule has 0 aliphatic carbocycles. The molecular weight excluding hydrogens is 374 g/mol. The van der Waals surface area contributed by atoms with E-state index in [1.807, 2.05) is 49.4 Å². The van der Waals surface area contributed by atoms with Crippen molar-refractivity contribution in [3.63, 3.8) is 0 Å². The molecule has 0 saturated carbocycles. The maximum absolute atomic E-state index is 12.2. The van der Waals surface area contributed by atoms with Crippen LogP contribution in [0.2, 0.25) is 5.02 Å². The van der Waals surface area contributed by atoms with Crippen molar-refractivity contribution in [3.05, 3.63) is 70.2 Å². The van der Waals surface area contributed by atoms with Crippen molar-refractivity contribution >= 4 is 23.4 Å². The number of aryl methyl sites for hydroxylation is 1. The highest BCUT2D eigenvalue weighted by atomic mass is 35.5. The molecule has 0 aromatic heterocycles. The van der Waals surface area contributed by atoms with Crippen LogP contribution in [0.3, 0.4) is 0 Å². The van der Waals surface area contributed by atoms with Crippen LogP contribution >= 0.6 is 11.6 Å². The Kier molecular flexibility index (Phi) is 7.06. The third kappa shape index (κ3) is 6.08. The predicted octanol–water partition coefficient (Wildman–Crippen LogP) is 3.16. The van der Waals surface area contributed by atoms with E-state index in [0.29, 0.717) is 5.56 Å². The molecule has 1 aliphatic heterocycles. The highest BCUT2D eigenvalue weighted by Crippen LogP contribution is 2.16. The zero-order chi connectivity index (χ0) is 19.9. The van der Waals surface area contributed by atoms with E-state index in [9.17, 15) is 9.59 Å². The van der Waals surface area contributed by atoms with Crippen LogP contribution in [0.5, 0.6) is 0 Å². The lowest BCUT2D eigenvalue weighted by Gasteiger charge is -2.32. The van der Waals surface area contributed by atoms with Gasteiger partial charge in [-0.3, -0.25) is 14.5 Å². The Hall–Kier alpha value is -2.37. The third-order valence-electron chi connectivity index (χ3n) is 4.96. The van der Waals surface area contributed by atoms with Crippen LogP contribution in [-0.2, 0) is 11.3 Å². The number of hydrogen-bond donors (Lipinski definition) is 2. The quantitative estimate of drug-likeness (QED) is 0.784. The number of piperidine rings is 1. The molecule has 3 rings (SSSR count). The van der Waals surface area contributed by atoms with Gasteiger partial charge in [-0.15, -0.1) is 0 Å². The summed E-state index contributed by atoms with van der Waals surface area (Å²) in [5.41, 5.74) is 2.83. The summed E-state index contributed by atoms with van der Waals surface area (Å²) >= 11 is 5.93. The average molecular weight is 400 g/mol. The molecular formula is C22H26ClN3O2. The zero-order valence-electron chi connectivity index (χ0n) is 16.1. The maximum atomic E-state index is 12.2. The number of nitrogens with one attached hydrogen (secondary N) is 2. The first-order chi connectivity index (χ1) is 13.5. The summed E-state index contributed by atoms with van der Waals surface area (Å²) in [4.78, 5) is 26.7. The lowest BCUT2D eigenvalue weighted by Crippen LogP contribution is -2.47. The molecule has 1 aliphatic rings. The monoisotopic (exact) mass is 399 g/mol. The minimum absolute atomic E-state index is 0.00222. The molecule has 0 atom stereocenters. The van der Waals surface area contributed by atoms with Crippen molar-refractivity contribution in [2.24, 2.45) is 0 Å². The standard InChI is InChI=1S/C22H26ClN3O2/c1-16-3-2-4-18(13-16)22(28)24-14-21(27)25-20-9-11-26(12-10-20)15-17-5-7-19(23)8-6-17/h2-8,13,20H,9-12,14-15H2,1H3,(H,24,28)(H,25,27). The summed E-state index contributed by atoms with van der Waals surface area (Å²) in [6.07, 6.45) is 1.82. The van der Waals surface area contributed by atoms with E-state index in [1.165, 1.54) is 5.56 Å². The lowest BCUT2D eigenvalue weighted by atomic mass is 10.0. The SMILES string of the molecule is Cc1cccc(C(=O)NCC(=O)NC2CCN(Cc3ccc(Cl)cc3)CC2)c1. The summed E-state index contributed by atoms with van der Waals surface area (Å²) in [5.74, 6) is -0.367. The van der Waals surface area contributed by atoms with E-state index >= 15 is 0 Å². The van der Waals surface area contributed by atoms with Gasteiger partial charge in [-0.25, -0.2) is 0 Å². The summed E-state index contributed by atoms with van der Waals surface area (Å²) in [6.45, 7) is 4.69. The van der Waals surface area contributed by atoms with Gasteiger partial charge in [0.25, 0.3) is 5.91 Å². The molecule has 2 amide bonds. The molecule has 2 aromatic carbocycles. The summed E-state index contributed by atoms with van der Waals surface area (Å²) < 4.78 is 0. The summed E-state index contributed by atoms with van der Waals surface area (Å²) in [5, 5.41) is 6.47. The van der Waals surface area contributed by atoms with Crippen molar-refractivity contribution in [2.45, 2.75) is 32.4 Å². The van der Waals surface area contributed by atoms with Gasteiger partial charge in [0, 0.05) is 36.3 Å². The first kappa shape index (κ1) is 20.4. The molecule has 0 unspecified atom stereocenters. The van der Waals surface area contributed by atoms with E-state index in [0.717, 1.165) is 43.1 Å². The molecule has 0 radical (unpaired) electrons. The number of amides is 2. The molecule has 0 spiro atoms. The van der Waals surface area contributed by atoms with Gasteiger partial charge in [0.2, 0.25) is 5.91 Å². The number of rotatable bonds is 6. The Morgan fingerprint density at radius 1 is 1.11 bits per heavy atom. The van der Waals surface area contributed by atoms with Crippen LogP contribution in [0.4, 0.5) is 0 Å². The van der Waals surface area contributed by atoms with Gasteiger partial charge >= 0.3 is 0 Å². The molecule has 6 heteroatoms. The van der Waals surface area contributed by atoms with Crippen LogP contribution < -0.4 is 10.6 Å². The minimum Gasteiger partial charge on any atom is -0.352 e. The Balaban J connectivity index is 1.37. The second-order valence-electron chi connectivity index (χ2n) is 7.30. The molecule has 0 bridgehead atoms. The summed E-state index contributed by atoms with van der Waals surface area (Å²) in [7, 11) is 0. The van der Waals surface area contributed by atoms with Gasteiger partial charge in [-0.1, -0.05) is 41.4 Å². The fraction of sp³-hybridized carbons (Fsp3) is 0.364. The predicted molar refractivity (Wildman–Crippen MR) is 111 cm³/mol. The second-order valence-corrected chi connectivity index (χ2v) is 7.73. The van der Waals surface area contributed by atoms with Crippen molar-refractivity contribution in [1.29, 1.82) is 0 Å². The number of halogens is 1. The second kappa shape index (κ2) is 9.71. The van der Waals surface area contributed by atoms with E-state index in [2.05, 4.69) is 15.5 Å². The first-order valence-electron chi connectivity index (χ1n) is 9.60. The molecule has 2 N–H and O–H groups in total. The Morgan fingerprint density at radius 3 is 2.50 bits per heavy atom. The average Bonchev–Trinajstić information content (AvgIpc) is 2.69. The van der Waals surface area contributed by atoms with Gasteiger partial charge in [0.1, 0.15) is 0 Å². The van der Waals surface area contributed by atoms with Crippen molar-refractivity contribution in [1.82, 2.24) is 15.5 Å². The van der Waals surface area contributed by atoms with Gasteiger partial charge < -0.3 is 10.6 Å². The Labute approximate surface area is 171 Å². The first-order valence-corrected chi connectivity index (χ1v) is 9.98. The topological polar surface area (TPSA) is 61.4 Å². The van der Waals surface area contributed by atoms with E-state index in [-0.39, 0.29) is 24.4 Å². The highest BCUT2D eigenvalue weighted by molar-refractivity contribution is 6.30. The van der Waals surface area contributed by atoms with Crippen LogP contribution in [0, 0.1) is 6.92 Å². The Morgan fingerprint density at radius 2 is 1.82 bits per heavy atom. The van der Waals surface area contributed by atoms with E-state index in [1.54, 1.807) is 6.07 Å². The number of hydrogen-bond acceptors (Lipinski definition) is 3. The maximum Gasteiger partial charge on any atom is 0.251 e. The number of carbonyl (C=O) groups excluding carboxylic acids is 2. The summed E-state index contributed by atoms with van der Waals surface area (Å²) in [6, 6.07) is 15.4. The van der Waals surface area contributed by atoms with Crippen molar-refractivity contribution in [2.75, 3.05) is 19.6 Å². The van der Waals surface area contributed by atoms with Gasteiger partial charge in [0.05, 0.1) is 6.54 Å². The Bertz CT molecular complexity index is 815. The molecule has 1 fully saturated rings. The molecule has 1 heterocycles. The molecule has 28 heavy (non-hydrogen) atoms. The molecule has 5 nitrogen and oxygen atoms in total. The van der Waals surface area contributed by atoms with Crippen LogP contribution in [-0.4, -0.2) is 42.4 Å². The number of carbonyl (C=O) groups is 2. The lowest BCUT2D eigenvalue weighted by molar-refractivity contribution is -0.121. The van der Waals surface area contributed by atoms with E-state index < -0.39 is 0 Å². The molecule has 1 saturated heterocycles. The van der Waals surface area contributed by atoms with Gasteiger partial charge in [0.15, 0.2) is 0 Å². The zero-order valence-corrected chi connectivity index (χ0v) is 16.8. The molecule has 2 aromatic rings. The fourth-order valence-corrected chi connectivity index (χ4v) is 3.54.